The van der Waals surface area contributed by atoms with Crippen LogP contribution in [0.4, 0.5) is 10.8 Å². The molecular weight excluding hydrogens is 380 g/mol. The van der Waals surface area contributed by atoms with E-state index >= 15 is 0 Å². The lowest BCUT2D eigenvalue weighted by molar-refractivity contribution is 0.102. The minimum Gasteiger partial charge on any atom is -0.296 e. The Morgan fingerprint density at radius 1 is 1.32 bits per heavy atom. The molecule has 1 N–H and O–H groups in total. The van der Waals surface area contributed by atoms with Crippen LogP contribution in [-0.2, 0) is 10.0 Å². The molecule has 1 aromatic heterocycles. The number of hydrogen-bond acceptors (Lipinski definition) is 7. The van der Waals surface area contributed by atoms with Crippen molar-refractivity contribution in [1.29, 1.82) is 0 Å². The van der Waals surface area contributed by atoms with Gasteiger partial charge >= 0.3 is 0 Å². The third kappa shape index (κ3) is 4.93. The molecule has 0 fully saturated rings. The molecule has 1 amide bonds. The van der Waals surface area contributed by atoms with Gasteiger partial charge < -0.3 is 0 Å². The highest BCUT2D eigenvalue weighted by atomic mass is 32.2. The molecular formula is C15H20N4O3S3. The van der Waals surface area contributed by atoms with Gasteiger partial charge in [0, 0.05) is 17.9 Å². The molecule has 0 saturated carbocycles. The van der Waals surface area contributed by atoms with Crippen LogP contribution in [0.5, 0.6) is 0 Å². The monoisotopic (exact) mass is 400 g/mol. The van der Waals surface area contributed by atoms with Gasteiger partial charge in [-0.25, -0.2) is 8.42 Å². The summed E-state index contributed by atoms with van der Waals surface area (Å²) < 4.78 is 25.4. The lowest BCUT2D eigenvalue weighted by atomic mass is 10.1. The molecule has 136 valence electrons. The summed E-state index contributed by atoms with van der Waals surface area (Å²) in [5.41, 5.74) is 1.43. The topological polar surface area (TPSA) is 92.3 Å². The quantitative estimate of drug-likeness (QED) is 0.592. The second-order valence-corrected chi connectivity index (χ2v) is 10.5. The lowest BCUT2D eigenvalue weighted by Gasteiger charge is -2.20. The van der Waals surface area contributed by atoms with Crippen LogP contribution in [0.25, 0.3) is 0 Å². The van der Waals surface area contributed by atoms with Crippen molar-refractivity contribution in [2.75, 3.05) is 22.9 Å². The van der Waals surface area contributed by atoms with E-state index in [1.54, 1.807) is 36.9 Å². The van der Waals surface area contributed by atoms with Crippen LogP contribution in [-0.4, -0.2) is 43.1 Å². The fourth-order valence-corrected chi connectivity index (χ4v) is 4.59. The van der Waals surface area contributed by atoms with Crippen molar-refractivity contribution in [1.82, 2.24) is 10.2 Å². The molecule has 7 nitrogen and oxygen atoms in total. The Balaban J connectivity index is 2.24. The highest BCUT2D eigenvalue weighted by Gasteiger charge is 2.19. The number of anilines is 2. The second kappa shape index (κ2) is 7.71. The van der Waals surface area contributed by atoms with Gasteiger partial charge in [0.1, 0.15) is 0 Å². The smallest absolute Gasteiger partial charge is 0.257 e. The van der Waals surface area contributed by atoms with Crippen molar-refractivity contribution in [2.45, 2.75) is 30.4 Å². The molecule has 25 heavy (non-hydrogen) atoms. The minimum atomic E-state index is -3.41. The summed E-state index contributed by atoms with van der Waals surface area (Å²) in [6.45, 7) is 5.82. The molecule has 0 saturated heterocycles. The predicted molar refractivity (Wildman–Crippen MR) is 103 cm³/mol. The van der Waals surface area contributed by atoms with Gasteiger partial charge in [-0.2, -0.15) is 0 Å². The molecule has 1 aromatic carbocycles. The molecule has 0 unspecified atom stereocenters. The summed E-state index contributed by atoms with van der Waals surface area (Å²) in [6, 6.07) is 4.96. The number of nitrogens with one attached hydrogen (secondary N) is 1. The number of hydrogen-bond donors (Lipinski definition) is 1. The Labute approximate surface area is 155 Å². The van der Waals surface area contributed by atoms with Gasteiger partial charge in [0.25, 0.3) is 5.91 Å². The summed E-state index contributed by atoms with van der Waals surface area (Å²) in [5.74, 6) is -0.349. The normalized spacial score (nSPS) is 11.6. The molecule has 0 aliphatic heterocycles. The van der Waals surface area contributed by atoms with Crippen molar-refractivity contribution >= 4 is 49.8 Å². The van der Waals surface area contributed by atoms with Crippen molar-refractivity contribution in [3.8, 4) is 0 Å². The van der Waals surface area contributed by atoms with E-state index < -0.39 is 10.0 Å². The largest absolute Gasteiger partial charge is 0.296 e. The van der Waals surface area contributed by atoms with Crippen LogP contribution in [0.15, 0.2) is 22.5 Å². The summed E-state index contributed by atoms with van der Waals surface area (Å²) in [6.07, 6.45) is 1.12. The van der Waals surface area contributed by atoms with E-state index in [0.29, 0.717) is 27.2 Å². The molecule has 0 atom stereocenters. The van der Waals surface area contributed by atoms with Gasteiger partial charge in [0.05, 0.1) is 11.9 Å². The van der Waals surface area contributed by atoms with Crippen molar-refractivity contribution in [3.63, 3.8) is 0 Å². The first-order valence-corrected chi connectivity index (χ1v) is 11.0. The highest BCUT2D eigenvalue weighted by Crippen LogP contribution is 2.29. The molecule has 1 heterocycles. The fourth-order valence-electron chi connectivity index (χ4n) is 2.06. The molecule has 0 aliphatic carbocycles. The molecule has 10 heteroatoms. The molecule has 0 bridgehead atoms. The average Bonchev–Trinajstić information content (AvgIpc) is 2.91. The molecule has 0 aliphatic rings. The summed E-state index contributed by atoms with van der Waals surface area (Å²) >= 11 is 2.88. The average molecular weight is 401 g/mol. The number of aromatic nitrogens is 2. The van der Waals surface area contributed by atoms with Crippen LogP contribution >= 0.6 is 23.1 Å². The summed E-state index contributed by atoms with van der Waals surface area (Å²) in [7, 11) is -1.95. The van der Waals surface area contributed by atoms with Crippen LogP contribution < -0.4 is 9.62 Å². The maximum Gasteiger partial charge on any atom is 0.257 e. The van der Waals surface area contributed by atoms with Crippen molar-refractivity contribution in [3.05, 3.63) is 29.3 Å². The predicted octanol–water partition coefficient (Wildman–Crippen LogP) is 3.00. The first-order valence-electron chi connectivity index (χ1n) is 7.44. The first-order chi connectivity index (χ1) is 11.6. The lowest BCUT2D eigenvalue weighted by Crippen LogP contribution is -2.26. The highest BCUT2D eigenvalue weighted by molar-refractivity contribution is 8.01. The summed E-state index contributed by atoms with van der Waals surface area (Å²) in [5, 5.41) is 11.5. The van der Waals surface area contributed by atoms with E-state index in [4.69, 9.17) is 0 Å². The Kier molecular flexibility index (Phi) is 6.07. The van der Waals surface area contributed by atoms with Crippen LogP contribution in [0, 0.1) is 6.92 Å². The van der Waals surface area contributed by atoms with Gasteiger partial charge in [-0.05, 0) is 24.6 Å². The Bertz CT molecular complexity index is 878. The number of amides is 1. The van der Waals surface area contributed by atoms with Crippen LogP contribution in [0.1, 0.15) is 29.8 Å². The van der Waals surface area contributed by atoms with E-state index in [2.05, 4.69) is 29.4 Å². The molecule has 2 aromatic rings. The third-order valence-electron chi connectivity index (χ3n) is 3.35. The number of carbonyl (C=O) groups excluding carboxylic acids is 1. The zero-order valence-electron chi connectivity index (χ0n) is 14.6. The number of thioether (sulfide) groups is 1. The Morgan fingerprint density at radius 3 is 2.60 bits per heavy atom. The fraction of sp³-hybridized carbons (Fsp3) is 0.400. The van der Waals surface area contributed by atoms with Gasteiger partial charge in [0.15, 0.2) is 4.34 Å². The van der Waals surface area contributed by atoms with Gasteiger partial charge in [-0.15, -0.1) is 10.2 Å². The van der Waals surface area contributed by atoms with E-state index in [1.165, 1.54) is 18.4 Å². The zero-order chi connectivity index (χ0) is 18.8. The van der Waals surface area contributed by atoms with Crippen LogP contribution in [0.2, 0.25) is 0 Å². The van der Waals surface area contributed by atoms with Crippen molar-refractivity contribution < 1.29 is 13.2 Å². The van der Waals surface area contributed by atoms with Crippen LogP contribution in [0.3, 0.4) is 0 Å². The van der Waals surface area contributed by atoms with Gasteiger partial charge in [0.2, 0.25) is 15.2 Å². The Morgan fingerprint density at radius 2 is 2.00 bits per heavy atom. The molecule has 0 radical (unpaired) electrons. The molecule has 2 rings (SSSR count). The second-order valence-electron chi connectivity index (χ2n) is 5.67. The standard InChI is InChI=1S/C15H20N4O3S3/c1-9(2)23-15-18-17-14(24-15)16-13(20)11-7-6-8-12(10(11)3)19(4)25(5,21)22/h6-9H,1-5H3,(H,16,17,20). The summed E-state index contributed by atoms with van der Waals surface area (Å²) in [4.78, 5) is 12.5. The van der Waals surface area contributed by atoms with E-state index in [9.17, 15) is 13.2 Å². The maximum atomic E-state index is 12.5. The number of benzene rings is 1. The molecule has 0 spiro atoms. The van der Waals surface area contributed by atoms with E-state index in [-0.39, 0.29) is 5.91 Å². The number of carbonyl (C=O) groups is 1. The van der Waals surface area contributed by atoms with E-state index in [1.807, 2.05) is 0 Å². The Hall–Kier alpha value is -1.65. The van der Waals surface area contributed by atoms with Crippen molar-refractivity contribution in [2.24, 2.45) is 0 Å². The number of rotatable bonds is 6. The van der Waals surface area contributed by atoms with E-state index in [0.717, 1.165) is 14.9 Å². The SMILES string of the molecule is Cc1c(C(=O)Nc2nnc(SC(C)C)s2)cccc1N(C)S(C)(=O)=O. The first kappa shape index (κ1) is 19.7. The minimum absolute atomic E-state index is 0.349. The zero-order valence-corrected chi connectivity index (χ0v) is 17.1. The number of sulfonamides is 1. The van der Waals surface area contributed by atoms with Gasteiger partial charge in [-0.1, -0.05) is 43.0 Å². The maximum absolute atomic E-state index is 12.5. The number of nitrogens with zero attached hydrogens (tertiary/aromatic N) is 3. The van der Waals surface area contributed by atoms with Gasteiger partial charge in [-0.3, -0.25) is 14.4 Å². The third-order valence-corrected chi connectivity index (χ3v) is 6.47.